The molecule has 1 aliphatic heterocycles. The molecular formula is C14H18N2O. The first-order valence-electron chi connectivity index (χ1n) is 6.10. The van der Waals surface area contributed by atoms with Gasteiger partial charge in [-0.1, -0.05) is 30.3 Å². The molecule has 0 bridgehead atoms. The molecule has 0 N–H and O–H groups in total. The first-order valence-corrected chi connectivity index (χ1v) is 6.10. The van der Waals surface area contributed by atoms with E-state index in [0.717, 1.165) is 17.8 Å². The lowest BCUT2D eigenvalue weighted by molar-refractivity contribution is 0.177. The lowest BCUT2D eigenvalue weighted by atomic mass is 10.1. The van der Waals surface area contributed by atoms with E-state index >= 15 is 0 Å². The predicted octanol–water partition coefficient (Wildman–Crippen LogP) is 2.80. The molecule has 0 aliphatic carbocycles. The summed E-state index contributed by atoms with van der Waals surface area (Å²) < 4.78 is 0. The summed E-state index contributed by atoms with van der Waals surface area (Å²) in [5, 5.41) is 0. The SMILES string of the molecule is CCN1CC=C(c2ccccc2)N(CC)C1=O. The predicted molar refractivity (Wildman–Crippen MR) is 69.4 cm³/mol. The van der Waals surface area contributed by atoms with Crippen LogP contribution in [0.4, 0.5) is 4.79 Å². The van der Waals surface area contributed by atoms with Gasteiger partial charge in [-0.3, -0.25) is 4.90 Å². The molecule has 0 aromatic heterocycles. The van der Waals surface area contributed by atoms with Gasteiger partial charge in [-0.05, 0) is 25.5 Å². The van der Waals surface area contributed by atoms with E-state index in [2.05, 4.69) is 6.08 Å². The lowest BCUT2D eigenvalue weighted by Crippen LogP contribution is -2.45. The molecular weight excluding hydrogens is 212 g/mol. The molecule has 2 rings (SSSR count). The third kappa shape index (κ3) is 2.18. The number of hydrogen-bond donors (Lipinski definition) is 0. The van der Waals surface area contributed by atoms with E-state index in [-0.39, 0.29) is 6.03 Å². The van der Waals surface area contributed by atoms with Gasteiger partial charge in [0.1, 0.15) is 0 Å². The fourth-order valence-corrected chi connectivity index (χ4v) is 2.11. The zero-order chi connectivity index (χ0) is 12.3. The minimum Gasteiger partial charge on any atom is -0.321 e. The third-order valence-corrected chi connectivity index (χ3v) is 3.06. The molecule has 0 fully saturated rings. The summed E-state index contributed by atoms with van der Waals surface area (Å²) in [6.07, 6.45) is 2.13. The van der Waals surface area contributed by atoms with Gasteiger partial charge in [-0.25, -0.2) is 4.79 Å². The number of hydrogen-bond acceptors (Lipinski definition) is 1. The van der Waals surface area contributed by atoms with E-state index in [0.29, 0.717) is 13.1 Å². The number of likely N-dealkylation sites (N-methyl/N-ethyl adjacent to an activating group) is 1. The van der Waals surface area contributed by atoms with Crippen molar-refractivity contribution in [2.24, 2.45) is 0 Å². The van der Waals surface area contributed by atoms with Crippen LogP contribution in [-0.4, -0.2) is 35.5 Å². The molecule has 0 unspecified atom stereocenters. The quantitative estimate of drug-likeness (QED) is 0.783. The highest BCUT2D eigenvalue weighted by atomic mass is 16.2. The molecule has 17 heavy (non-hydrogen) atoms. The highest BCUT2D eigenvalue weighted by molar-refractivity contribution is 5.88. The molecule has 1 aliphatic rings. The Morgan fingerprint density at radius 2 is 1.82 bits per heavy atom. The third-order valence-electron chi connectivity index (χ3n) is 3.06. The zero-order valence-electron chi connectivity index (χ0n) is 10.4. The average molecular weight is 230 g/mol. The zero-order valence-corrected chi connectivity index (χ0v) is 10.4. The number of benzene rings is 1. The van der Waals surface area contributed by atoms with E-state index in [1.807, 2.05) is 54.0 Å². The van der Waals surface area contributed by atoms with Crippen molar-refractivity contribution >= 4 is 11.7 Å². The normalized spacial score (nSPS) is 16.1. The molecule has 90 valence electrons. The van der Waals surface area contributed by atoms with Crippen LogP contribution in [0.2, 0.25) is 0 Å². The second kappa shape index (κ2) is 5.04. The Balaban J connectivity index is 2.34. The smallest absolute Gasteiger partial charge is 0.321 e. The van der Waals surface area contributed by atoms with Crippen molar-refractivity contribution in [3.05, 3.63) is 42.0 Å². The monoisotopic (exact) mass is 230 g/mol. The minimum atomic E-state index is 0.108. The van der Waals surface area contributed by atoms with Gasteiger partial charge in [0, 0.05) is 19.6 Å². The van der Waals surface area contributed by atoms with E-state index in [1.54, 1.807) is 0 Å². The molecule has 1 aromatic carbocycles. The van der Waals surface area contributed by atoms with Crippen LogP contribution in [0.5, 0.6) is 0 Å². The standard InChI is InChI=1S/C14H18N2O/c1-3-15-11-10-13(16(4-2)14(15)17)12-8-6-5-7-9-12/h5-10H,3-4,11H2,1-2H3. The summed E-state index contributed by atoms with van der Waals surface area (Å²) in [6, 6.07) is 10.2. The van der Waals surface area contributed by atoms with Crippen LogP contribution in [0, 0.1) is 0 Å². The second-order valence-corrected chi connectivity index (χ2v) is 4.02. The van der Waals surface area contributed by atoms with E-state index < -0.39 is 0 Å². The fraction of sp³-hybridized carbons (Fsp3) is 0.357. The van der Waals surface area contributed by atoms with Crippen molar-refractivity contribution in [2.45, 2.75) is 13.8 Å². The number of amides is 2. The van der Waals surface area contributed by atoms with Gasteiger partial charge in [0.25, 0.3) is 0 Å². The molecule has 0 saturated heterocycles. The van der Waals surface area contributed by atoms with Crippen molar-refractivity contribution < 1.29 is 4.79 Å². The molecule has 1 heterocycles. The number of nitrogens with zero attached hydrogens (tertiary/aromatic N) is 2. The summed E-state index contributed by atoms with van der Waals surface area (Å²) in [6.45, 7) is 6.18. The van der Waals surface area contributed by atoms with Gasteiger partial charge in [0.15, 0.2) is 0 Å². The molecule has 0 saturated carbocycles. The van der Waals surface area contributed by atoms with Crippen LogP contribution in [-0.2, 0) is 0 Å². The molecule has 0 spiro atoms. The van der Waals surface area contributed by atoms with E-state index in [4.69, 9.17) is 0 Å². The Morgan fingerprint density at radius 3 is 2.41 bits per heavy atom. The largest absolute Gasteiger partial charge is 0.324 e. The second-order valence-electron chi connectivity index (χ2n) is 4.02. The highest BCUT2D eigenvalue weighted by Gasteiger charge is 2.25. The van der Waals surface area contributed by atoms with Crippen LogP contribution in [0.15, 0.2) is 36.4 Å². The van der Waals surface area contributed by atoms with Gasteiger partial charge < -0.3 is 4.90 Å². The summed E-state index contributed by atoms with van der Waals surface area (Å²) in [4.78, 5) is 15.9. The summed E-state index contributed by atoms with van der Waals surface area (Å²) >= 11 is 0. The first-order chi connectivity index (χ1) is 8.27. The molecule has 3 heteroatoms. The lowest BCUT2D eigenvalue weighted by Gasteiger charge is -2.34. The number of carbonyl (C=O) groups is 1. The van der Waals surface area contributed by atoms with Crippen molar-refractivity contribution in [1.29, 1.82) is 0 Å². The minimum absolute atomic E-state index is 0.108. The van der Waals surface area contributed by atoms with Gasteiger partial charge in [-0.15, -0.1) is 0 Å². The van der Waals surface area contributed by atoms with Crippen LogP contribution in [0.1, 0.15) is 19.4 Å². The maximum atomic E-state index is 12.2. The maximum Gasteiger partial charge on any atom is 0.324 e. The van der Waals surface area contributed by atoms with Crippen molar-refractivity contribution in [3.8, 4) is 0 Å². The van der Waals surface area contributed by atoms with Crippen LogP contribution >= 0.6 is 0 Å². The van der Waals surface area contributed by atoms with Crippen molar-refractivity contribution in [3.63, 3.8) is 0 Å². The Morgan fingerprint density at radius 1 is 1.12 bits per heavy atom. The maximum absolute atomic E-state index is 12.2. The topological polar surface area (TPSA) is 23.6 Å². The highest BCUT2D eigenvalue weighted by Crippen LogP contribution is 2.23. The molecule has 3 nitrogen and oxygen atoms in total. The summed E-state index contributed by atoms with van der Waals surface area (Å²) in [5.74, 6) is 0. The van der Waals surface area contributed by atoms with Crippen molar-refractivity contribution in [2.75, 3.05) is 19.6 Å². The van der Waals surface area contributed by atoms with E-state index in [9.17, 15) is 4.79 Å². The van der Waals surface area contributed by atoms with Crippen LogP contribution in [0.3, 0.4) is 0 Å². The molecule has 1 aromatic rings. The molecule has 2 amide bonds. The van der Waals surface area contributed by atoms with Crippen LogP contribution in [0.25, 0.3) is 5.70 Å². The summed E-state index contributed by atoms with van der Waals surface area (Å²) in [7, 11) is 0. The Labute approximate surface area is 102 Å². The number of urea groups is 1. The van der Waals surface area contributed by atoms with Gasteiger partial charge in [0.05, 0.1) is 5.70 Å². The van der Waals surface area contributed by atoms with Gasteiger partial charge in [-0.2, -0.15) is 0 Å². The number of rotatable bonds is 3. The Kier molecular flexibility index (Phi) is 3.47. The first kappa shape index (κ1) is 11.7. The van der Waals surface area contributed by atoms with Gasteiger partial charge >= 0.3 is 6.03 Å². The van der Waals surface area contributed by atoms with E-state index in [1.165, 1.54) is 0 Å². The van der Waals surface area contributed by atoms with Gasteiger partial charge in [0.2, 0.25) is 0 Å². The Bertz CT molecular complexity index is 425. The molecule has 0 atom stereocenters. The van der Waals surface area contributed by atoms with Crippen molar-refractivity contribution in [1.82, 2.24) is 9.80 Å². The average Bonchev–Trinajstić information content (AvgIpc) is 2.39. The number of carbonyl (C=O) groups excluding carboxylic acids is 1. The van der Waals surface area contributed by atoms with Crippen LogP contribution < -0.4 is 0 Å². The Hall–Kier alpha value is -1.77. The summed E-state index contributed by atoms with van der Waals surface area (Å²) in [5.41, 5.74) is 2.14. The molecule has 0 radical (unpaired) electrons. The fourth-order valence-electron chi connectivity index (χ4n) is 2.11.